The van der Waals surface area contributed by atoms with Crippen LogP contribution in [0.5, 0.6) is 0 Å². The molecular formula is C34H65N2O10+. The Hall–Kier alpha value is -1.77. The van der Waals surface area contributed by atoms with Crippen LogP contribution in [0.2, 0.25) is 0 Å². The van der Waals surface area contributed by atoms with Gasteiger partial charge in [0.15, 0.2) is 0 Å². The highest BCUT2D eigenvalue weighted by atomic mass is 16.6. The lowest BCUT2D eigenvalue weighted by atomic mass is 10.2. The Kier molecular flexibility index (Phi) is 33.2. The highest BCUT2D eigenvalue weighted by Gasteiger charge is 2.22. The first-order valence-corrected chi connectivity index (χ1v) is 17.2. The fourth-order valence-electron chi connectivity index (χ4n) is 4.35. The van der Waals surface area contributed by atoms with Crippen molar-refractivity contribution in [2.24, 2.45) is 0 Å². The van der Waals surface area contributed by atoms with Crippen molar-refractivity contribution in [3.63, 3.8) is 0 Å². The summed E-state index contributed by atoms with van der Waals surface area (Å²) in [6.07, 6.45) is 11.2. The zero-order valence-corrected chi connectivity index (χ0v) is 29.0. The van der Waals surface area contributed by atoms with Crippen molar-refractivity contribution in [1.82, 2.24) is 9.80 Å². The summed E-state index contributed by atoms with van der Waals surface area (Å²) in [6.45, 7) is 20.4. The van der Waals surface area contributed by atoms with Gasteiger partial charge in [0.2, 0.25) is 11.8 Å². The quantitative estimate of drug-likeness (QED) is 0.120. The fraction of sp³-hybridized carbons (Fsp3) is 0.853. The van der Waals surface area contributed by atoms with Crippen LogP contribution < -0.4 is 0 Å². The molecule has 0 aromatic rings. The van der Waals surface area contributed by atoms with Gasteiger partial charge >= 0.3 is 0 Å². The highest BCUT2D eigenvalue weighted by molar-refractivity contribution is 5.77. The summed E-state index contributed by atoms with van der Waals surface area (Å²) in [6, 6.07) is 0. The lowest BCUT2D eigenvalue weighted by molar-refractivity contribution is -0.145. The van der Waals surface area contributed by atoms with Crippen LogP contribution in [0.25, 0.3) is 0 Å². The number of aliphatic hydroxyl groups excluding tert-OH is 1. The van der Waals surface area contributed by atoms with E-state index in [9.17, 15) is 9.59 Å². The van der Waals surface area contributed by atoms with Crippen LogP contribution >= 0.6 is 0 Å². The standard InChI is InChI=1S/C17H33NO5.C9H19O4.C8H13NO/c1-3-9-20-10-11-21-12-13-22-14-15-23-16(2)18-8-6-4-5-7-17(18)19;1-2-4-11-6-8-13-9-7-12-5-3-10;1-2-9-7-5-3-4-6-8(9)10/h16H,3-15H2,1-2H3;10H,1-9H2;2H,1,3-7H2/q;+1;. The van der Waals surface area contributed by atoms with Crippen LogP contribution in [0.1, 0.15) is 78.1 Å². The molecule has 0 aromatic heterocycles. The van der Waals surface area contributed by atoms with E-state index in [-0.39, 0.29) is 24.6 Å². The molecule has 12 nitrogen and oxygen atoms in total. The molecule has 2 fully saturated rings. The van der Waals surface area contributed by atoms with Gasteiger partial charge in [0.1, 0.15) is 12.6 Å². The Balaban J connectivity index is 0.000000739. The molecule has 1 unspecified atom stereocenters. The van der Waals surface area contributed by atoms with E-state index in [0.29, 0.717) is 92.1 Å². The summed E-state index contributed by atoms with van der Waals surface area (Å²) in [5, 5.41) is 8.37. The number of nitrogens with zero attached hydrogens (tertiary/aromatic N) is 2. The van der Waals surface area contributed by atoms with Gasteiger partial charge in [-0.2, -0.15) is 0 Å². The topological polar surface area (TPSA) is 125 Å². The second-order valence-electron chi connectivity index (χ2n) is 10.7. The minimum Gasteiger partial charge on any atom is -0.394 e. The SMILES string of the molecule is C=CN1CCCCCC1=O.CCCOCCOCCOCCOC(C)N1CCCCCC1=O.[CH2+]CCOCCOCCOCCO. The molecule has 0 aliphatic carbocycles. The van der Waals surface area contributed by atoms with E-state index in [1.807, 2.05) is 11.8 Å². The summed E-state index contributed by atoms with van der Waals surface area (Å²) in [5.74, 6) is 0.433. The molecule has 46 heavy (non-hydrogen) atoms. The van der Waals surface area contributed by atoms with Crippen molar-refractivity contribution >= 4 is 11.8 Å². The second kappa shape index (κ2) is 34.6. The Morgan fingerprint density at radius 1 is 0.696 bits per heavy atom. The van der Waals surface area contributed by atoms with Crippen molar-refractivity contribution in [1.29, 1.82) is 0 Å². The number of ether oxygens (including phenoxy) is 7. The first kappa shape index (κ1) is 44.2. The molecule has 270 valence electrons. The molecule has 0 saturated carbocycles. The lowest BCUT2D eigenvalue weighted by Gasteiger charge is -2.27. The molecule has 12 heteroatoms. The highest BCUT2D eigenvalue weighted by Crippen LogP contribution is 2.14. The summed E-state index contributed by atoms with van der Waals surface area (Å²) in [4.78, 5) is 26.6. The smallest absolute Gasteiger partial charge is 0.226 e. The largest absolute Gasteiger partial charge is 0.394 e. The summed E-state index contributed by atoms with van der Waals surface area (Å²) in [7, 11) is 0. The van der Waals surface area contributed by atoms with Gasteiger partial charge in [-0.25, -0.2) is 0 Å². The van der Waals surface area contributed by atoms with E-state index in [0.717, 1.165) is 64.6 Å². The molecule has 2 amide bonds. The second-order valence-corrected chi connectivity index (χ2v) is 10.7. The number of amides is 2. The van der Waals surface area contributed by atoms with Gasteiger partial charge in [-0.05, 0) is 45.2 Å². The van der Waals surface area contributed by atoms with Gasteiger partial charge < -0.3 is 48.1 Å². The average molecular weight is 662 g/mol. The monoisotopic (exact) mass is 661 g/mol. The molecule has 2 saturated heterocycles. The van der Waals surface area contributed by atoms with E-state index in [2.05, 4.69) is 20.4 Å². The van der Waals surface area contributed by atoms with Crippen LogP contribution in [0.15, 0.2) is 12.8 Å². The third-order valence-corrected chi connectivity index (χ3v) is 6.83. The first-order chi connectivity index (χ1) is 22.5. The molecule has 1 N–H and O–H groups in total. The van der Waals surface area contributed by atoms with E-state index in [4.69, 9.17) is 38.3 Å². The minimum absolute atomic E-state index is 0.0621. The van der Waals surface area contributed by atoms with Gasteiger partial charge in [-0.1, -0.05) is 26.3 Å². The zero-order valence-electron chi connectivity index (χ0n) is 29.0. The Morgan fingerprint density at radius 3 is 1.70 bits per heavy atom. The van der Waals surface area contributed by atoms with Crippen LogP contribution in [0, 0.1) is 6.92 Å². The van der Waals surface area contributed by atoms with E-state index < -0.39 is 0 Å². The predicted octanol–water partition coefficient (Wildman–Crippen LogP) is 4.00. The molecule has 0 spiro atoms. The third-order valence-electron chi connectivity index (χ3n) is 6.83. The molecule has 0 radical (unpaired) electrons. The Labute approximate surface area is 279 Å². The minimum atomic E-state index is -0.170. The van der Waals surface area contributed by atoms with Crippen LogP contribution in [-0.4, -0.2) is 139 Å². The molecule has 0 bridgehead atoms. The molecule has 0 aromatic carbocycles. The van der Waals surface area contributed by atoms with Gasteiger partial charge in [0.05, 0.1) is 92.8 Å². The Bertz CT molecular complexity index is 691. The molecule has 2 aliphatic heterocycles. The number of hydrogen-bond acceptors (Lipinski definition) is 10. The molecule has 2 rings (SSSR count). The number of hydrogen-bond donors (Lipinski definition) is 1. The molecular weight excluding hydrogens is 596 g/mol. The van der Waals surface area contributed by atoms with Crippen molar-refractivity contribution < 1.29 is 47.9 Å². The molecule has 2 heterocycles. The van der Waals surface area contributed by atoms with Crippen molar-refractivity contribution in [2.75, 3.05) is 106 Å². The average Bonchev–Trinajstić information content (AvgIpc) is 3.42. The number of carbonyl (C=O) groups is 2. The maximum atomic E-state index is 11.9. The zero-order chi connectivity index (χ0) is 33.9. The summed E-state index contributed by atoms with van der Waals surface area (Å²) in [5.41, 5.74) is 0. The van der Waals surface area contributed by atoms with Gasteiger partial charge in [-0.3, -0.25) is 9.59 Å². The maximum Gasteiger partial charge on any atom is 0.226 e. The van der Waals surface area contributed by atoms with Crippen LogP contribution in [0.4, 0.5) is 0 Å². The number of likely N-dealkylation sites (tertiary alicyclic amines) is 2. The van der Waals surface area contributed by atoms with Crippen LogP contribution in [0.3, 0.4) is 0 Å². The summed E-state index contributed by atoms with van der Waals surface area (Å²) >= 11 is 0. The fourth-order valence-corrected chi connectivity index (χ4v) is 4.35. The van der Waals surface area contributed by atoms with Crippen molar-refractivity contribution in [3.8, 4) is 0 Å². The molecule has 1 atom stereocenters. The maximum absolute atomic E-state index is 11.9. The summed E-state index contributed by atoms with van der Waals surface area (Å²) < 4.78 is 37.2. The predicted molar refractivity (Wildman–Crippen MR) is 178 cm³/mol. The lowest BCUT2D eigenvalue weighted by Crippen LogP contribution is -2.40. The van der Waals surface area contributed by atoms with Crippen molar-refractivity contribution in [3.05, 3.63) is 19.7 Å². The Morgan fingerprint density at radius 2 is 1.17 bits per heavy atom. The van der Waals surface area contributed by atoms with E-state index >= 15 is 0 Å². The number of aliphatic hydroxyl groups is 1. The third kappa shape index (κ3) is 27.4. The normalized spacial score (nSPS) is 16.1. The first-order valence-electron chi connectivity index (χ1n) is 17.2. The van der Waals surface area contributed by atoms with Gasteiger partial charge in [0.25, 0.3) is 0 Å². The van der Waals surface area contributed by atoms with Crippen LogP contribution in [-0.2, 0) is 42.7 Å². The number of rotatable bonds is 24. The molecule has 2 aliphatic rings. The van der Waals surface area contributed by atoms with Gasteiger partial charge in [0, 0.05) is 32.5 Å². The van der Waals surface area contributed by atoms with E-state index in [1.54, 1.807) is 11.1 Å². The van der Waals surface area contributed by atoms with Gasteiger partial charge in [-0.15, -0.1) is 0 Å². The number of carbonyl (C=O) groups excluding carboxylic acids is 2. The van der Waals surface area contributed by atoms with Crippen molar-refractivity contribution in [2.45, 2.75) is 84.3 Å². The van der Waals surface area contributed by atoms with E-state index in [1.165, 1.54) is 6.42 Å².